The summed E-state index contributed by atoms with van der Waals surface area (Å²) in [6.45, 7) is 6.68. The molecule has 0 radical (unpaired) electrons. The van der Waals surface area contributed by atoms with Gasteiger partial charge < -0.3 is 11.1 Å². The van der Waals surface area contributed by atoms with Gasteiger partial charge in [0.25, 0.3) is 5.95 Å². The normalized spacial score (nSPS) is 10.6. The van der Waals surface area contributed by atoms with Crippen LogP contribution in [0.15, 0.2) is 6.07 Å². The molecule has 96 valence electrons. The summed E-state index contributed by atoms with van der Waals surface area (Å²) >= 11 is 0. The van der Waals surface area contributed by atoms with Gasteiger partial charge >= 0.3 is 0 Å². The fourth-order valence-corrected chi connectivity index (χ4v) is 1.59. The van der Waals surface area contributed by atoms with Crippen molar-refractivity contribution in [2.75, 3.05) is 17.6 Å². The summed E-state index contributed by atoms with van der Waals surface area (Å²) in [6, 6.07) is 1.90. The van der Waals surface area contributed by atoms with Crippen molar-refractivity contribution in [3.8, 4) is 5.95 Å². The number of nitrogens with one attached hydrogen (secondary N) is 1. The zero-order chi connectivity index (χ0) is 13.1. The Labute approximate surface area is 105 Å². The van der Waals surface area contributed by atoms with E-state index in [1.54, 1.807) is 0 Å². The predicted octanol–water partition coefficient (Wildman–Crippen LogP) is 1.08. The fourth-order valence-electron chi connectivity index (χ4n) is 1.59. The average Bonchev–Trinajstić information content (AvgIpc) is 2.66. The van der Waals surface area contributed by atoms with Crippen LogP contribution in [-0.4, -0.2) is 31.3 Å². The van der Waals surface area contributed by atoms with Gasteiger partial charge in [0.2, 0.25) is 11.9 Å². The van der Waals surface area contributed by atoms with Crippen molar-refractivity contribution in [3.05, 3.63) is 17.5 Å². The van der Waals surface area contributed by atoms with Crippen molar-refractivity contribution < 1.29 is 0 Å². The summed E-state index contributed by atoms with van der Waals surface area (Å²) in [7, 11) is 0. The molecule has 0 atom stereocenters. The van der Waals surface area contributed by atoms with E-state index >= 15 is 0 Å². The summed E-state index contributed by atoms with van der Waals surface area (Å²) in [5.41, 5.74) is 7.56. The van der Waals surface area contributed by atoms with Crippen molar-refractivity contribution in [2.24, 2.45) is 0 Å². The van der Waals surface area contributed by atoms with Gasteiger partial charge in [0.1, 0.15) is 0 Å². The molecule has 0 bridgehead atoms. The van der Waals surface area contributed by atoms with Crippen LogP contribution in [-0.2, 0) is 0 Å². The second kappa shape index (κ2) is 4.99. The molecule has 18 heavy (non-hydrogen) atoms. The highest BCUT2D eigenvalue weighted by atomic mass is 15.5. The van der Waals surface area contributed by atoms with Gasteiger partial charge in [-0.1, -0.05) is 6.92 Å². The van der Waals surface area contributed by atoms with Crippen molar-refractivity contribution in [1.82, 2.24) is 24.7 Å². The van der Waals surface area contributed by atoms with Crippen molar-refractivity contribution >= 4 is 11.9 Å². The van der Waals surface area contributed by atoms with Crippen LogP contribution in [0.3, 0.4) is 0 Å². The quantitative estimate of drug-likeness (QED) is 0.839. The Bertz CT molecular complexity index is 526. The van der Waals surface area contributed by atoms with Crippen LogP contribution in [0, 0.1) is 13.8 Å². The Morgan fingerprint density at radius 2 is 1.89 bits per heavy atom. The van der Waals surface area contributed by atoms with Gasteiger partial charge in [0.15, 0.2) is 0 Å². The first kappa shape index (κ1) is 12.3. The van der Waals surface area contributed by atoms with Crippen LogP contribution >= 0.6 is 0 Å². The molecule has 2 aromatic heterocycles. The molecule has 0 saturated heterocycles. The van der Waals surface area contributed by atoms with Gasteiger partial charge in [-0.3, -0.25) is 0 Å². The van der Waals surface area contributed by atoms with Crippen LogP contribution in [0.5, 0.6) is 0 Å². The molecule has 2 aromatic rings. The van der Waals surface area contributed by atoms with Crippen LogP contribution in [0.1, 0.15) is 24.7 Å². The molecule has 0 fully saturated rings. The van der Waals surface area contributed by atoms with Gasteiger partial charge in [0, 0.05) is 17.9 Å². The van der Waals surface area contributed by atoms with E-state index in [1.165, 1.54) is 4.68 Å². The molecular weight excluding hydrogens is 230 g/mol. The van der Waals surface area contributed by atoms with Crippen LogP contribution < -0.4 is 11.1 Å². The smallest absolute Gasteiger partial charge is 0.254 e. The van der Waals surface area contributed by atoms with Gasteiger partial charge in [0.05, 0.1) is 0 Å². The zero-order valence-electron chi connectivity index (χ0n) is 10.8. The topological polar surface area (TPSA) is 94.5 Å². The molecule has 0 unspecified atom stereocenters. The standard InChI is InChI=1S/C11H17N7/c1-4-5-13-10-16-9(12)18(17-10)11-14-7(2)6-8(3)15-11/h6H,4-5H2,1-3H3,(H3,12,13,16,17). The van der Waals surface area contributed by atoms with Gasteiger partial charge in [-0.05, 0) is 26.3 Å². The summed E-state index contributed by atoms with van der Waals surface area (Å²) in [5, 5.41) is 7.32. The van der Waals surface area contributed by atoms with Crippen molar-refractivity contribution in [3.63, 3.8) is 0 Å². The third-order valence-corrected chi connectivity index (χ3v) is 2.33. The minimum atomic E-state index is 0.276. The summed E-state index contributed by atoms with van der Waals surface area (Å²) in [5.74, 6) is 1.22. The Balaban J connectivity index is 2.34. The zero-order valence-corrected chi connectivity index (χ0v) is 10.8. The molecule has 7 nitrogen and oxygen atoms in total. The molecule has 0 saturated carbocycles. The largest absolute Gasteiger partial charge is 0.368 e. The summed E-state index contributed by atoms with van der Waals surface area (Å²) in [6.07, 6.45) is 0.995. The molecule has 0 spiro atoms. The number of aromatic nitrogens is 5. The van der Waals surface area contributed by atoms with E-state index in [0.717, 1.165) is 24.4 Å². The van der Waals surface area contributed by atoms with Crippen LogP contribution in [0.4, 0.5) is 11.9 Å². The second-order valence-electron chi connectivity index (χ2n) is 4.08. The summed E-state index contributed by atoms with van der Waals surface area (Å²) < 4.78 is 1.44. The lowest BCUT2D eigenvalue weighted by Crippen LogP contribution is -2.09. The maximum Gasteiger partial charge on any atom is 0.254 e. The lowest BCUT2D eigenvalue weighted by atomic mass is 10.4. The van der Waals surface area contributed by atoms with Gasteiger partial charge in [-0.25, -0.2) is 9.97 Å². The molecular formula is C11H17N7. The molecule has 3 N–H and O–H groups in total. The van der Waals surface area contributed by atoms with E-state index < -0.39 is 0 Å². The SMILES string of the molecule is CCCNc1nc(N)n(-c2nc(C)cc(C)n2)n1. The number of nitrogen functional groups attached to an aromatic ring is 1. The third-order valence-electron chi connectivity index (χ3n) is 2.33. The highest BCUT2D eigenvalue weighted by molar-refractivity contribution is 5.36. The number of anilines is 2. The molecule has 0 aliphatic heterocycles. The van der Waals surface area contributed by atoms with E-state index in [2.05, 4.69) is 32.3 Å². The average molecular weight is 247 g/mol. The van der Waals surface area contributed by atoms with E-state index in [9.17, 15) is 0 Å². The summed E-state index contributed by atoms with van der Waals surface area (Å²) in [4.78, 5) is 12.7. The highest BCUT2D eigenvalue weighted by Crippen LogP contribution is 2.11. The fraction of sp³-hybridized carbons (Fsp3) is 0.455. The number of rotatable bonds is 4. The third kappa shape index (κ3) is 2.55. The maximum atomic E-state index is 5.81. The highest BCUT2D eigenvalue weighted by Gasteiger charge is 2.11. The molecule has 0 aliphatic carbocycles. The monoisotopic (exact) mass is 247 g/mol. The minimum absolute atomic E-state index is 0.276. The maximum absolute atomic E-state index is 5.81. The Kier molecular flexibility index (Phi) is 3.40. The Morgan fingerprint density at radius 3 is 2.50 bits per heavy atom. The first-order valence-corrected chi connectivity index (χ1v) is 5.89. The predicted molar refractivity (Wildman–Crippen MR) is 69.6 cm³/mol. The van der Waals surface area contributed by atoms with E-state index in [1.807, 2.05) is 19.9 Å². The van der Waals surface area contributed by atoms with E-state index in [-0.39, 0.29) is 5.95 Å². The van der Waals surface area contributed by atoms with Gasteiger partial charge in [-0.15, -0.1) is 5.10 Å². The minimum Gasteiger partial charge on any atom is -0.368 e. The first-order valence-electron chi connectivity index (χ1n) is 5.89. The van der Waals surface area contributed by atoms with Crippen LogP contribution in [0.2, 0.25) is 0 Å². The molecule has 2 heterocycles. The van der Waals surface area contributed by atoms with Crippen molar-refractivity contribution in [1.29, 1.82) is 0 Å². The molecule has 0 aromatic carbocycles. The van der Waals surface area contributed by atoms with Crippen LogP contribution in [0.25, 0.3) is 5.95 Å². The number of nitrogens with two attached hydrogens (primary N) is 1. The molecule has 0 aliphatic rings. The first-order chi connectivity index (χ1) is 8.60. The number of nitrogens with zero attached hydrogens (tertiary/aromatic N) is 5. The Morgan fingerprint density at radius 1 is 1.22 bits per heavy atom. The number of hydrogen-bond donors (Lipinski definition) is 2. The van der Waals surface area contributed by atoms with E-state index in [4.69, 9.17) is 5.73 Å². The lowest BCUT2D eigenvalue weighted by molar-refractivity contribution is 0.800. The number of aryl methyl sites for hydroxylation is 2. The lowest BCUT2D eigenvalue weighted by Gasteiger charge is -2.03. The number of hydrogen-bond acceptors (Lipinski definition) is 6. The Hall–Kier alpha value is -2.18. The molecule has 2 rings (SSSR count). The molecule has 0 amide bonds. The second-order valence-corrected chi connectivity index (χ2v) is 4.08. The van der Waals surface area contributed by atoms with Crippen molar-refractivity contribution in [2.45, 2.75) is 27.2 Å². The van der Waals surface area contributed by atoms with Gasteiger partial charge in [-0.2, -0.15) is 9.67 Å². The van der Waals surface area contributed by atoms with E-state index in [0.29, 0.717) is 11.9 Å². The molecule has 7 heteroatoms.